The summed E-state index contributed by atoms with van der Waals surface area (Å²) in [4.78, 5) is 0. The molecule has 2 fully saturated rings. The second-order valence-corrected chi connectivity index (χ2v) is 3.88. The lowest BCUT2D eigenvalue weighted by molar-refractivity contribution is -0.394. The minimum Gasteiger partial charge on any atom is -0.328 e. The van der Waals surface area contributed by atoms with Crippen LogP contribution < -0.4 is 5.73 Å². The molecule has 0 aromatic carbocycles. The lowest BCUT2D eigenvalue weighted by Gasteiger charge is -2.41. The molecule has 2 N–H and O–H groups in total. The van der Waals surface area contributed by atoms with E-state index in [1.165, 1.54) is 12.8 Å². The molecule has 0 spiro atoms. The average molecular weight is 171 g/mol. The maximum Gasteiger partial charge on any atom is 0.166 e. The molecule has 2 rings (SSSR count). The first-order valence-electron chi connectivity index (χ1n) is 4.82. The predicted molar refractivity (Wildman–Crippen MR) is 45.4 cm³/mol. The molecule has 2 aliphatic rings. The molecule has 0 radical (unpaired) electrons. The van der Waals surface area contributed by atoms with E-state index in [0.717, 1.165) is 12.8 Å². The highest BCUT2D eigenvalue weighted by atomic mass is 16.9. The molecule has 3 nitrogen and oxygen atoms in total. The van der Waals surface area contributed by atoms with E-state index in [1.54, 1.807) is 0 Å². The van der Waals surface area contributed by atoms with E-state index in [0.29, 0.717) is 12.0 Å². The van der Waals surface area contributed by atoms with Crippen molar-refractivity contribution in [1.82, 2.24) is 0 Å². The molecule has 0 atom stereocenters. The molecule has 0 amide bonds. The third kappa shape index (κ3) is 1.63. The Balaban J connectivity index is 1.75. The van der Waals surface area contributed by atoms with Crippen molar-refractivity contribution < 1.29 is 9.47 Å². The van der Waals surface area contributed by atoms with Crippen LogP contribution in [-0.2, 0) is 9.47 Å². The Hall–Kier alpha value is -0.120. The van der Waals surface area contributed by atoms with Gasteiger partial charge in [0.25, 0.3) is 0 Å². The summed E-state index contributed by atoms with van der Waals surface area (Å²) < 4.78 is 10.9. The van der Waals surface area contributed by atoms with E-state index in [1.807, 2.05) is 6.92 Å². The topological polar surface area (TPSA) is 44.5 Å². The highest BCUT2D eigenvalue weighted by molar-refractivity contribution is 4.78. The van der Waals surface area contributed by atoms with E-state index in [9.17, 15) is 0 Å². The Labute approximate surface area is 73.2 Å². The van der Waals surface area contributed by atoms with Gasteiger partial charge in [0.15, 0.2) is 12.6 Å². The normalized spacial score (nSPS) is 48.5. The first-order chi connectivity index (χ1) is 5.75. The SMILES string of the molecule is CC1OC(C2CCC(N)CC2)O1. The second kappa shape index (κ2) is 3.32. The summed E-state index contributed by atoms with van der Waals surface area (Å²) >= 11 is 0. The van der Waals surface area contributed by atoms with Gasteiger partial charge in [-0.1, -0.05) is 0 Å². The quantitative estimate of drug-likeness (QED) is 0.645. The molecule has 1 saturated carbocycles. The Morgan fingerprint density at radius 1 is 1.08 bits per heavy atom. The summed E-state index contributed by atoms with van der Waals surface area (Å²) in [6, 6.07) is 0.416. The zero-order valence-electron chi connectivity index (χ0n) is 7.53. The Morgan fingerprint density at radius 2 is 1.67 bits per heavy atom. The zero-order valence-corrected chi connectivity index (χ0v) is 7.53. The van der Waals surface area contributed by atoms with Gasteiger partial charge in [-0.15, -0.1) is 0 Å². The van der Waals surface area contributed by atoms with Crippen molar-refractivity contribution in [3.8, 4) is 0 Å². The lowest BCUT2D eigenvalue weighted by atomic mass is 9.85. The monoisotopic (exact) mass is 171 g/mol. The van der Waals surface area contributed by atoms with Crippen molar-refractivity contribution in [2.75, 3.05) is 0 Å². The smallest absolute Gasteiger partial charge is 0.166 e. The summed E-state index contributed by atoms with van der Waals surface area (Å²) in [6.07, 6.45) is 4.68. The fourth-order valence-corrected chi connectivity index (χ4v) is 2.03. The van der Waals surface area contributed by atoms with Gasteiger partial charge < -0.3 is 15.2 Å². The van der Waals surface area contributed by atoms with Gasteiger partial charge in [-0.05, 0) is 32.6 Å². The maximum atomic E-state index is 5.80. The van der Waals surface area contributed by atoms with Crippen molar-refractivity contribution in [2.24, 2.45) is 11.7 Å². The van der Waals surface area contributed by atoms with Crippen LogP contribution in [0.1, 0.15) is 32.6 Å². The molecule has 0 aromatic heterocycles. The maximum absolute atomic E-state index is 5.80. The lowest BCUT2D eigenvalue weighted by Crippen LogP contribution is -2.45. The molecular weight excluding hydrogens is 154 g/mol. The summed E-state index contributed by atoms with van der Waals surface area (Å²) in [7, 11) is 0. The summed E-state index contributed by atoms with van der Waals surface area (Å²) in [6.45, 7) is 1.94. The van der Waals surface area contributed by atoms with Crippen molar-refractivity contribution in [3.63, 3.8) is 0 Å². The van der Waals surface area contributed by atoms with Gasteiger partial charge in [0, 0.05) is 12.0 Å². The number of ether oxygens (including phenoxy) is 2. The molecule has 1 saturated heterocycles. The number of nitrogens with two attached hydrogens (primary N) is 1. The number of hydrogen-bond acceptors (Lipinski definition) is 3. The van der Waals surface area contributed by atoms with Crippen LogP contribution in [0.2, 0.25) is 0 Å². The van der Waals surface area contributed by atoms with Crippen LogP contribution in [0.5, 0.6) is 0 Å². The molecule has 70 valence electrons. The average Bonchev–Trinajstić information content (AvgIpc) is 2.01. The minimum absolute atomic E-state index is 0.0191. The molecule has 1 aliphatic heterocycles. The van der Waals surface area contributed by atoms with E-state index in [-0.39, 0.29) is 12.6 Å². The van der Waals surface area contributed by atoms with E-state index >= 15 is 0 Å². The largest absolute Gasteiger partial charge is 0.328 e. The zero-order chi connectivity index (χ0) is 8.55. The predicted octanol–water partition coefficient (Wildman–Crippen LogP) is 1.22. The standard InChI is InChI=1S/C9H17NO2/c1-6-11-9(12-6)7-2-4-8(10)5-3-7/h6-9H,2-5,10H2,1H3. The van der Waals surface area contributed by atoms with Crippen molar-refractivity contribution in [2.45, 2.75) is 51.2 Å². The third-order valence-electron chi connectivity index (χ3n) is 2.85. The summed E-state index contributed by atoms with van der Waals surface area (Å²) in [5.41, 5.74) is 5.80. The summed E-state index contributed by atoms with van der Waals surface area (Å²) in [5.74, 6) is 0.598. The van der Waals surface area contributed by atoms with Crippen LogP contribution in [0.25, 0.3) is 0 Å². The van der Waals surface area contributed by atoms with Crippen LogP contribution in [0.3, 0.4) is 0 Å². The van der Waals surface area contributed by atoms with Crippen LogP contribution in [0, 0.1) is 5.92 Å². The molecule has 0 unspecified atom stereocenters. The highest BCUT2D eigenvalue weighted by Gasteiger charge is 2.35. The summed E-state index contributed by atoms with van der Waals surface area (Å²) in [5, 5.41) is 0. The molecular formula is C9H17NO2. The third-order valence-corrected chi connectivity index (χ3v) is 2.85. The minimum atomic E-state index is 0.0191. The Morgan fingerprint density at radius 3 is 2.17 bits per heavy atom. The number of hydrogen-bond donors (Lipinski definition) is 1. The van der Waals surface area contributed by atoms with Gasteiger partial charge in [-0.2, -0.15) is 0 Å². The molecule has 1 aliphatic carbocycles. The first-order valence-corrected chi connectivity index (χ1v) is 4.82. The van der Waals surface area contributed by atoms with Gasteiger partial charge in [0.05, 0.1) is 0 Å². The second-order valence-electron chi connectivity index (χ2n) is 3.88. The van der Waals surface area contributed by atoms with Crippen LogP contribution in [0.4, 0.5) is 0 Å². The van der Waals surface area contributed by atoms with Crippen LogP contribution >= 0.6 is 0 Å². The van der Waals surface area contributed by atoms with Crippen LogP contribution in [0.15, 0.2) is 0 Å². The van der Waals surface area contributed by atoms with E-state index in [4.69, 9.17) is 15.2 Å². The van der Waals surface area contributed by atoms with Crippen molar-refractivity contribution in [1.29, 1.82) is 0 Å². The van der Waals surface area contributed by atoms with Gasteiger partial charge in [0.2, 0.25) is 0 Å². The van der Waals surface area contributed by atoms with Gasteiger partial charge in [0.1, 0.15) is 0 Å². The van der Waals surface area contributed by atoms with Crippen molar-refractivity contribution >= 4 is 0 Å². The highest BCUT2D eigenvalue weighted by Crippen LogP contribution is 2.33. The molecule has 1 heterocycles. The molecule has 0 aromatic rings. The Bertz CT molecular complexity index is 149. The fraction of sp³-hybridized carbons (Fsp3) is 1.00. The van der Waals surface area contributed by atoms with Gasteiger partial charge >= 0.3 is 0 Å². The van der Waals surface area contributed by atoms with Gasteiger partial charge in [-0.3, -0.25) is 0 Å². The molecule has 3 heteroatoms. The molecule has 12 heavy (non-hydrogen) atoms. The van der Waals surface area contributed by atoms with Crippen molar-refractivity contribution in [3.05, 3.63) is 0 Å². The van der Waals surface area contributed by atoms with E-state index < -0.39 is 0 Å². The first kappa shape index (κ1) is 8.48. The fourth-order valence-electron chi connectivity index (χ4n) is 2.03. The van der Waals surface area contributed by atoms with Gasteiger partial charge in [-0.25, -0.2) is 0 Å². The van der Waals surface area contributed by atoms with Crippen LogP contribution in [-0.4, -0.2) is 18.6 Å². The van der Waals surface area contributed by atoms with E-state index in [2.05, 4.69) is 0 Å². The Kier molecular flexibility index (Phi) is 2.35. The number of rotatable bonds is 1. The molecule has 0 bridgehead atoms.